The zero-order chi connectivity index (χ0) is 23.5. The monoisotopic (exact) mass is 446 g/mol. The molecule has 7 nitrogen and oxygen atoms in total. The summed E-state index contributed by atoms with van der Waals surface area (Å²) in [5.41, 5.74) is 4.01. The predicted molar refractivity (Wildman–Crippen MR) is 129 cm³/mol. The highest BCUT2D eigenvalue weighted by atomic mass is 16.3. The average Bonchev–Trinajstić information content (AvgIpc) is 3.17. The summed E-state index contributed by atoms with van der Waals surface area (Å²) in [4.78, 5) is 25.3. The molecule has 0 saturated heterocycles. The lowest BCUT2D eigenvalue weighted by atomic mass is 9.82. The molecule has 0 radical (unpaired) electrons. The highest BCUT2D eigenvalue weighted by molar-refractivity contribution is 6.04. The lowest BCUT2D eigenvalue weighted by Gasteiger charge is -2.25. The molecule has 0 bridgehead atoms. The summed E-state index contributed by atoms with van der Waals surface area (Å²) in [6, 6.07) is 13.9. The predicted octanol–water partition coefficient (Wildman–Crippen LogP) is 5.44. The molecule has 3 N–H and O–H groups in total. The number of nitrogens with one attached hydrogen (secondary N) is 2. The van der Waals surface area contributed by atoms with Crippen LogP contribution >= 0.6 is 0 Å². The summed E-state index contributed by atoms with van der Waals surface area (Å²) in [6.45, 7) is 5.94. The Labute approximate surface area is 193 Å². The number of carbonyl (C=O) groups is 2. The van der Waals surface area contributed by atoms with Gasteiger partial charge in [0.05, 0.1) is 11.4 Å². The van der Waals surface area contributed by atoms with Crippen molar-refractivity contribution in [2.45, 2.75) is 58.4 Å². The number of rotatable bonds is 6. The van der Waals surface area contributed by atoms with Gasteiger partial charge in [0, 0.05) is 34.8 Å². The average molecular weight is 447 g/mol. The number of hydrogen-bond acceptors (Lipinski definition) is 4. The van der Waals surface area contributed by atoms with E-state index in [0.717, 1.165) is 36.9 Å². The summed E-state index contributed by atoms with van der Waals surface area (Å²) >= 11 is 0. The standard InChI is InChI=1S/C26H30N4O3/c1-4-17(3)27-26(33)30-23(18-6-5-7-18)15-22(29-30)21-13-12-20(14-24(21)31)28-25(32)19-10-8-16(2)9-11-19/h8-15,17-18,31H,4-7H2,1-3H3,(H,27,33)(H,28,32). The minimum Gasteiger partial charge on any atom is -0.507 e. The lowest BCUT2D eigenvalue weighted by Crippen LogP contribution is -2.37. The molecule has 172 valence electrons. The Morgan fingerprint density at radius 1 is 1.15 bits per heavy atom. The van der Waals surface area contributed by atoms with Gasteiger partial charge in [-0.15, -0.1) is 0 Å². The second kappa shape index (κ2) is 9.48. The number of nitrogens with zero attached hydrogens (tertiary/aromatic N) is 2. The molecule has 0 spiro atoms. The van der Waals surface area contributed by atoms with Crippen molar-refractivity contribution in [1.82, 2.24) is 15.1 Å². The van der Waals surface area contributed by atoms with Gasteiger partial charge >= 0.3 is 6.03 Å². The molecule has 2 amide bonds. The largest absolute Gasteiger partial charge is 0.507 e. The van der Waals surface area contributed by atoms with E-state index in [1.807, 2.05) is 39.0 Å². The van der Waals surface area contributed by atoms with Crippen molar-refractivity contribution in [3.05, 3.63) is 65.4 Å². The molecule has 1 aromatic heterocycles. The molecule has 1 unspecified atom stereocenters. The van der Waals surface area contributed by atoms with Crippen LogP contribution in [0.15, 0.2) is 48.5 Å². The first-order valence-corrected chi connectivity index (χ1v) is 11.5. The van der Waals surface area contributed by atoms with Gasteiger partial charge in [-0.1, -0.05) is 31.0 Å². The van der Waals surface area contributed by atoms with Crippen LogP contribution in [-0.2, 0) is 0 Å². The highest BCUT2D eigenvalue weighted by Gasteiger charge is 2.28. The molecule has 33 heavy (non-hydrogen) atoms. The van der Waals surface area contributed by atoms with Gasteiger partial charge in [0.2, 0.25) is 0 Å². The van der Waals surface area contributed by atoms with Gasteiger partial charge in [-0.2, -0.15) is 9.78 Å². The number of phenols is 1. The second-order valence-electron chi connectivity index (χ2n) is 8.80. The fraction of sp³-hybridized carbons (Fsp3) is 0.346. The van der Waals surface area contributed by atoms with E-state index in [2.05, 4.69) is 15.7 Å². The van der Waals surface area contributed by atoms with Gasteiger partial charge in [0.15, 0.2) is 0 Å². The summed E-state index contributed by atoms with van der Waals surface area (Å²) < 4.78 is 1.44. The second-order valence-corrected chi connectivity index (χ2v) is 8.80. The Hall–Kier alpha value is -3.61. The minimum atomic E-state index is -0.251. The Bertz CT molecular complexity index is 1160. The first kappa shape index (κ1) is 22.6. The van der Waals surface area contributed by atoms with Gasteiger partial charge in [0.25, 0.3) is 5.91 Å². The van der Waals surface area contributed by atoms with Crippen LogP contribution in [0, 0.1) is 6.92 Å². The lowest BCUT2D eigenvalue weighted by molar-refractivity contribution is 0.102. The minimum absolute atomic E-state index is 0.0103. The van der Waals surface area contributed by atoms with E-state index >= 15 is 0 Å². The van der Waals surface area contributed by atoms with Crippen molar-refractivity contribution in [3.63, 3.8) is 0 Å². The van der Waals surface area contributed by atoms with E-state index in [-0.39, 0.29) is 23.7 Å². The fourth-order valence-corrected chi connectivity index (χ4v) is 3.79. The number of benzene rings is 2. The van der Waals surface area contributed by atoms with E-state index in [1.165, 1.54) is 10.7 Å². The normalized spacial score (nSPS) is 14.4. The number of hydrogen-bond donors (Lipinski definition) is 3. The first-order chi connectivity index (χ1) is 15.9. The van der Waals surface area contributed by atoms with Crippen LogP contribution < -0.4 is 10.6 Å². The van der Waals surface area contributed by atoms with Gasteiger partial charge < -0.3 is 15.7 Å². The Balaban J connectivity index is 1.58. The molecule has 0 aliphatic heterocycles. The van der Waals surface area contributed by atoms with Crippen molar-refractivity contribution in [1.29, 1.82) is 0 Å². The van der Waals surface area contributed by atoms with Crippen molar-refractivity contribution < 1.29 is 14.7 Å². The van der Waals surface area contributed by atoms with Gasteiger partial charge in [0.1, 0.15) is 5.75 Å². The van der Waals surface area contributed by atoms with Crippen LogP contribution in [0.5, 0.6) is 5.75 Å². The van der Waals surface area contributed by atoms with Crippen LogP contribution in [0.3, 0.4) is 0 Å². The van der Waals surface area contributed by atoms with Gasteiger partial charge in [-0.3, -0.25) is 4.79 Å². The molecule has 1 heterocycles. The molecule has 3 aromatic rings. The van der Waals surface area contributed by atoms with Gasteiger partial charge in [-0.05, 0) is 63.4 Å². The summed E-state index contributed by atoms with van der Waals surface area (Å²) in [5, 5.41) is 21.0. The SMILES string of the molecule is CCC(C)NC(=O)n1nc(-c2ccc(NC(=O)c3ccc(C)cc3)cc2O)cc1C1CCC1. The number of aromatic hydroxyl groups is 1. The van der Waals surface area contributed by atoms with Crippen molar-refractivity contribution >= 4 is 17.6 Å². The molecular weight excluding hydrogens is 416 g/mol. The number of aryl methyl sites for hydroxylation is 1. The number of aromatic nitrogens is 2. The molecule has 1 fully saturated rings. The number of phenolic OH excluding ortho intramolecular Hbond substituents is 1. The Morgan fingerprint density at radius 3 is 2.48 bits per heavy atom. The molecule has 1 aliphatic rings. The van der Waals surface area contributed by atoms with Crippen LogP contribution in [0.4, 0.5) is 10.5 Å². The molecule has 2 aromatic carbocycles. The van der Waals surface area contributed by atoms with E-state index < -0.39 is 0 Å². The highest BCUT2D eigenvalue weighted by Crippen LogP contribution is 2.39. The first-order valence-electron chi connectivity index (χ1n) is 11.5. The summed E-state index contributed by atoms with van der Waals surface area (Å²) in [5.74, 6) is 0.0356. The summed E-state index contributed by atoms with van der Waals surface area (Å²) in [7, 11) is 0. The number of anilines is 1. The third-order valence-electron chi connectivity index (χ3n) is 6.28. The number of carbonyl (C=O) groups excluding carboxylic acids is 2. The molecule has 1 atom stereocenters. The molecule has 4 rings (SSSR count). The van der Waals surface area contributed by atoms with Crippen LogP contribution in [-0.4, -0.2) is 32.9 Å². The number of amides is 2. The van der Waals surface area contributed by atoms with Crippen molar-refractivity contribution in [2.75, 3.05) is 5.32 Å². The quantitative estimate of drug-likeness (QED) is 0.470. The fourth-order valence-electron chi connectivity index (χ4n) is 3.79. The molecule has 1 saturated carbocycles. The van der Waals surface area contributed by atoms with E-state index in [1.54, 1.807) is 24.3 Å². The molecular formula is C26H30N4O3. The smallest absolute Gasteiger partial charge is 0.342 e. The molecule has 1 aliphatic carbocycles. The maximum atomic E-state index is 12.8. The Kier molecular flexibility index (Phi) is 6.49. The van der Waals surface area contributed by atoms with E-state index in [9.17, 15) is 14.7 Å². The maximum Gasteiger partial charge on any atom is 0.342 e. The zero-order valence-corrected chi connectivity index (χ0v) is 19.3. The van der Waals surface area contributed by atoms with Crippen molar-refractivity contribution in [3.8, 4) is 17.0 Å². The van der Waals surface area contributed by atoms with Crippen LogP contribution in [0.25, 0.3) is 11.3 Å². The topological polar surface area (TPSA) is 96.3 Å². The summed E-state index contributed by atoms with van der Waals surface area (Å²) in [6.07, 6.45) is 4.02. The zero-order valence-electron chi connectivity index (χ0n) is 19.3. The maximum absolute atomic E-state index is 12.8. The Morgan fingerprint density at radius 2 is 1.88 bits per heavy atom. The van der Waals surface area contributed by atoms with E-state index in [0.29, 0.717) is 28.4 Å². The van der Waals surface area contributed by atoms with Crippen molar-refractivity contribution in [2.24, 2.45) is 0 Å². The third-order valence-corrected chi connectivity index (χ3v) is 6.28. The third kappa shape index (κ3) is 4.92. The van der Waals surface area contributed by atoms with E-state index in [4.69, 9.17) is 0 Å². The molecule has 7 heteroatoms. The van der Waals surface area contributed by atoms with Crippen LogP contribution in [0.1, 0.15) is 67.1 Å². The van der Waals surface area contributed by atoms with Crippen LogP contribution in [0.2, 0.25) is 0 Å². The van der Waals surface area contributed by atoms with Gasteiger partial charge in [-0.25, -0.2) is 4.79 Å².